The molecule has 0 aromatic heterocycles. The van der Waals surface area contributed by atoms with E-state index in [1.54, 1.807) is 0 Å². The van der Waals surface area contributed by atoms with E-state index in [9.17, 15) is 18.0 Å². The van der Waals surface area contributed by atoms with Crippen molar-refractivity contribution >= 4 is 22.1 Å². The minimum absolute atomic E-state index is 0.0371. The van der Waals surface area contributed by atoms with Crippen molar-refractivity contribution < 1.29 is 32.0 Å². The summed E-state index contributed by atoms with van der Waals surface area (Å²) in [5.74, 6) is -1.41. The highest BCUT2D eigenvalue weighted by atomic mass is 32.2. The lowest BCUT2D eigenvalue weighted by atomic mass is 10.5. The third-order valence-corrected chi connectivity index (χ3v) is 2.13. The Morgan fingerprint density at radius 1 is 1.22 bits per heavy atom. The summed E-state index contributed by atoms with van der Waals surface area (Å²) in [5.41, 5.74) is 0. The Morgan fingerprint density at radius 3 is 2.00 bits per heavy atom. The first-order chi connectivity index (χ1) is 8.26. The molecule has 104 valence electrons. The number of hydrogen-bond acceptors (Lipinski definition) is 6. The number of rotatable bonds is 6. The number of methoxy groups -OCH3 is 1. The van der Waals surface area contributed by atoms with Crippen molar-refractivity contribution in [3.8, 4) is 0 Å². The summed E-state index contributed by atoms with van der Waals surface area (Å²) in [7, 11) is -2.64. The molecule has 0 aliphatic heterocycles. The summed E-state index contributed by atoms with van der Waals surface area (Å²) in [5, 5.41) is 0. The van der Waals surface area contributed by atoms with Crippen LogP contribution in [0.3, 0.4) is 0 Å². The van der Waals surface area contributed by atoms with Crippen LogP contribution in [0, 0.1) is 0 Å². The van der Waals surface area contributed by atoms with Gasteiger partial charge in [-0.05, 0) is 6.42 Å². The molecule has 0 amide bonds. The van der Waals surface area contributed by atoms with Gasteiger partial charge in [0.25, 0.3) is 10.1 Å². The molecule has 0 radical (unpaired) electrons. The van der Waals surface area contributed by atoms with Gasteiger partial charge in [0.15, 0.2) is 0 Å². The highest BCUT2D eigenvalue weighted by Crippen LogP contribution is 1.90. The smallest absolute Gasteiger partial charge is 0.330 e. The molecule has 0 unspecified atom stereocenters. The largest absolute Gasteiger partial charge is 0.466 e. The zero-order chi connectivity index (χ0) is 14.6. The van der Waals surface area contributed by atoms with E-state index in [1.807, 2.05) is 0 Å². The molecular weight excluding hydrogens is 264 g/mol. The van der Waals surface area contributed by atoms with Gasteiger partial charge < -0.3 is 9.47 Å². The normalized spacial score (nSPS) is 9.44. The number of carbonyl (C=O) groups excluding carboxylic acids is 2. The molecule has 18 heavy (non-hydrogen) atoms. The lowest BCUT2D eigenvalue weighted by Gasteiger charge is -1.99. The van der Waals surface area contributed by atoms with Crippen LogP contribution in [0.15, 0.2) is 25.3 Å². The quantitative estimate of drug-likeness (QED) is 0.323. The number of carbonyl (C=O) groups is 2. The van der Waals surface area contributed by atoms with Gasteiger partial charge in [0, 0.05) is 12.2 Å². The molecule has 0 spiro atoms. The summed E-state index contributed by atoms with van der Waals surface area (Å²) in [6.07, 6.45) is 2.17. The van der Waals surface area contributed by atoms with E-state index in [0.717, 1.165) is 12.2 Å². The maximum absolute atomic E-state index is 10.4. The van der Waals surface area contributed by atoms with Crippen molar-refractivity contribution in [1.82, 2.24) is 0 Å². The Bertz CT molecular complexity index is 383. The van der Waals surface area contributed by atoms with Crippen molar-refractivity contribution in [3.05, 3.63) is 25.3 Å². The molecule has 0 aliphatic rings. The third-order valence-electron chi connectivity index (χ3n) is 1.33. The standard InChI is InChI=1S/C6H10O5S.C4H6O2/c1-2-6(7)11-4-3-5-12(8,9)10;1-3-4(5)6-2/h2H,1,3-5H2,(H,8,9,10);3H,1H2,2H3. The van der Waals surface area contributed by atoms with Gasteiger partial charge >= 0.3 is 11.9 Å². The molecule has 0 aliphatic carbocycles. The fourth-order valence-electron chi connectivity index (χ4n) is 0.556. The SMILES string of the molecule is C=CC(=O)OC.C=CC(=O)OCCCS(=O)(=O)O. The van der Waals surface area contributed by atoms with Gasteiger partial charge in [-0.15, -0.1) is 0 Å². The Morgan fingerprint density at radius 2 is 1.72 bits per heavy atom. The molecule has 0 fully saturated rings. The van der Waals surface area contributed by atoms with Gasteiger partial charge in [-0.3, -0.25) is 4.55 Å². The average molecular weight is 280 g/mol. The monoisotopic (exact) mass is 280 g/mol. The first-order valence-corrected chi connectivity index (χ1v) is 6.32. The van der Waals surface area contributed by atoms with Crippen LogP contribution in [0.4, 0.5) is 0 Å². The van der Waals surface area contributed by atoms with Crippen molar-refractivity contribution in [2.75, 3.05) is 19.5 Å². The number of esters is 2. The number of hydrogen-bond donors (Lipinski definition) is 1. The zero-order valence-electron chi connectivity index (χ0n) is 10.00. The van der Waals surface area contributed by atoms with Gasteiger partial charge in [-0.25, -0.2) is 9.59 Å². The summed E-state index contributed by atoms with van der Waals surface area (Å²) in [4.78, 5) is 20.2. The van der Waals surface area contributed by atoms with E-state index in [4.69, 9.17) is 4.55 Å². The summed E-state index contributed by atoms with van der Waals surface area (Å²) in [6.45, 7) is 6.27. The van der Waals surface area contributed by atoms with Crippen LogP contribution in [0.25, 0.3) is 0 Å². The van der Waals surface area contributed by atoms with Crippen molar-refractivity contribution in [3.63, 3.8) is 0 Å². The van der Waals surface area contributed by atoms with E-state index < -0.39 is 27.8 Å². The lowest BCUT2D eigenvalue weighted by molar-refractivity contribution is -0.137. The maximum atomic E-state index is 10.4. The van der Waals surface area contributed by atoms with Crippen molar-refractivity contribution in [1.29, 1.82) is 0 Å². The van der Waals surface area contributed by atoms with E-state index in [2.05, 4.69) is 22.6 Å². The molecule has 0 saturated heterocycles. The predicted octanol–water partition coefficient (Wildman–Crippen LogP) is 0.339. The second kappa shape index (κ2) is 10.5. The molecule has 0 saturated carbocycles. The Hall–Kier alpha value is -1.67. The molecule has 0 bridgehead atoms. The lowest BCUT2D eigenvalue weighted by Crippen LogP contribution is -2.09. The Labute approximate surface area is 106 Å². The minimum atomic E-state index is -3.95. The molecule has 1 N–H and O–H groups in total. The summed E-state index contributed by atoms with van der Waals surface area (Å²) >= 11 is 0. The Kier molecular flexibility index (Phi) is 10.9. The third kappa shape index (κ3) is 16.7. The average Bonchev–Trinajstić information content (AvgIpc) is 2.32. The molecule has 8 heteroatoms. The number of ether oxygens (including phenoxy) is 2. The van der Waals surface area contributed by atoms with E-state index >= 15 is 0 Å². The molecular formula is C10H16O7S. The molecule has 0 aromatic carbocycles. The fourth-order valence-corrected chi connectivity index (χ4v) is 1.04. The Balaban J connectivity index is 0. The highest BCUT2D eigenvalue weighted by molar-refractivity contribution is 7.85. The van der Waals surface area contributed by atoms with Crippen molar-refractivity contribution in [2.24, 2.45) is 0 Å². The van der Waals surface area contributed by atoms with Gasteiger partial charge in [0.2, 0.25) is 0 Å². The first kappa shape index (κ1) is 18.7. The van der Waals surface area contributed by atoms with Gasteiger partial charge in [0.1, 0.15) is 0 Å². The second-order valence-electron chi connectivity index (χ2n) is 2.74. The molecule has 7 nitrogen and oxygen atoms in total. The first-order valence-electron chi connectivity index (χ1n) is 4.71. The maximum Gasteiger partial charge on any atom is 0.330 e. The predicted molar refractivity (Wildman–Crippen MR) is 64.4 cm³/mol. The van der Waals surface area contributed by atoms with Crippen LogP contribution in [-0.2, 0) is 29.2 Å². The van der Waals surface area contributed by atoms with Gasteiger partial charge in [0.05, 0.1) is 19.5 Å². The van der Waals surface area contributed by atoms with Crippen LogP contribution in [-0.4, -0.2) is 44.4 Å². The molecule has 0 heterocycles. The van der Waals surface area contributed by atoms with Crippen molar-refractivity contribution in [2.45, 2.75) is 6.42 Å². The molecule has 0 rings (SSSR count). The van der Waals surface area contributed by atoms with Crippen LogP contribution >= 0.6 is 0 Å². The van der Waals surface area contributed by atoms with Gasteiger partial charge in [-0.1, -0.05) is 13.2 Å². The molecule has 0 aromatic rings. The van der Waals surface area contributed by atoms with Crippen LogP contribution in [0.5, 0.6) is 0 Å². The van der Waals surface area contributed by atoms with E-state index in [1.165, 1.54) is 7.11 Å². The van der Waals surface area contributed by atoms with Crippen LogP contribution < -0.4 is 0 Å². The minimum Gasteiger partial charge on any atom is -0.466 e. The zero-order valence-corrected chi connectivity index (χ0v) is 10.8. The summed E-state index contributed by atoms with van der Waals surface area (Å²) < 4.78 is 37.1. The van der Waals surface area contributed by atoms with E-state index in [0.29, 0.717) is 0 Å². The van der Waals surface area contributed by atoms with Crippen LogP contribution in [0.2, 0.25) is 0 Å². The fraction of sp³-hybridized carbons (Fsp3) is 0.400. The molecule has 0 atom stereocenters. The van der Waals surface area contributed by atoms with E-state index in [-0.39, 0.29) is 13.0 Å². The summed E-state index contributed by atoms with van der Waals surface area (Å²) in [6, 6.07) is 0. The second-order valence-corrected chi connectivity index (χ2v) is 4.31. The topological polar surface area (TPSA) is 107 Å². The van der Waals surface area contributed by atoms with Gasteiger partial charge in [-0.2, -0.15) is 8.42 Å². The highest BCUT2D eigenvalue weighted by Gasteiger charge is 2.04. The van der Waals surface area contributed by atoms with Crippen LogP contribution in [0.1, 0.15) is 6.42 Å².